The van der Waals surface area contributed by atoms with Crippen LogP contribution in [0.5, 0.6) is 0 Å². The highest BCUT2D eigenvalue weighted by molar-refractivity contribution is 6.11. The monoisotopic (exact) mass is 421 g/mol. The molecule has 0 aliphatic rings. The normalized spacial score (nSPS) is 10.4. The summed E-state index contributed by atoms with van der Waals surface area (Å²) >= 11 is 0. The van der Waals surface area contributed by atoms with Gasteiger partial charge in [0.15, 0.2) is 5.78 Å². The van der Waals surface area contributed by atoms with E-state index in [0.29, 0.717) is 42.2 Å². The van der Waals surface area contributed by atoms with Crippen LogP contribution >= 0.6 is 0 Å². The fourth-order valence-corrected chi connectivity index (χ4v) is 3.28. The summed E-state index contributed by atoms with van der Waals surface area (Å²) in [5.74, 6) is -0.651. The lowest BCUT2D eigenvalue weighted by atomic mass is 9.93. The topological polar surface area (TPSA) is 97.4 Å². The number of ketones is 2. The number of benzene rings is 2. The molecule has 0 heterocycles. The molecule has 2 aromatic rings. The van der Waals surface area contributed by atoms with E-state index in [2.05, 4.69) is 5.32 Å². The van der Waals surface area contributed by atoms with Crippen LogP contribution in [0.2, 0.25) is 0 Å². The molecule has 0 saturated heterocycles. The molecule has 0 aliphatic heterocycles. The number of hydrogen-bond acceptors (Lipinski definition) is 5. The molecule has 0 radical (unpaired) electrons. The van der Waals surface area contributed by atoms with Gasteiger partial charge in [0, 0.05) is 48.1 Å². The van der Waals surface area contributed by atoms with Crippen LogP contribution in [0.15, 0.2) is 36.4 Å². The van der Waals surface area contributed by atoms with E-state index in [1.165, 1.54) is 12.1 Å². The van der Waals surface area contributed by atoms with E-state index >= 15 is 0 Å². The van der Waals surface area contributed by atoms with Gasteiger partial charge in [0.2, 0.25) is 0 Å². The average Bonchev–Trinajstić information content (AvgIpc) is 2.77. The summed E-state index contributed by atoms with van der Waals surface area (Å²) in [4.78, 5) is 60.0. The number of nitrogens with one attached hydrogen (secondary N) is 1. The first-order chi connectivity index (χ1) is 14.9. The first-order valence-corrected chi connectivity index (χ1v) is 10.4. The van der Waals surface area contributed by atoms with Gasteiger partial charge in [0.1, 0.15) is 18.4 Å². The summed E-state index contributed by atoms with van der Waals surface area (Å²) in [6.07, 6.45) is 3.51. The molecule has 0 fully saturated rings. The van der Waals surface area contributed by atoms with E-state index in [1.807, 2.05) is 13.8 Å². The van der Waals surface area contributed by atoms with Crippen molar-refractivity contribution in [2.45, 2.75) is 46.0 Å². The predicted molar refractivity (Wildman–Crippen MR) is 118 cm³/mol. The van der Waals surface area contributed by atoms with Gasteiger partial charge in [0.25, 0.3) is 5.91 Å². The number of hydrogen-bond donors (Lipinski definition) is 1. The molecule has 6 heteroatoms. The van der Waals surface area contributed by atoms with Crippen molar-refractivity contribution in [2.24, 2.45) is 0 Å². The van der Waals surface area contributed by atoms with E-state index < -0.39 is 0 Å². The zero-order valence-electron chi connectivity index (χ0n) is 17.9. The Labute approximate surface area is 182 Å². The summed E-state index contributed by atoms with van der Waals surface area (Å²) < 4.78 is 0. The molecule has 1 amide bonds. The second-order valence-electron chi connectivity index (χ2n) is 7.32. The molecular weight excluding hydrogens is 394 g/mol. The third-order valence-electron chi connectivity index (χ3n) is 4.91. The molecule has 6 nitrogen and oxygen atoms in total. The molecule has 0 bridgehead atoms. The molecule has 2 aromatic carbocycles. The van der Waals surface area contributed by atoms with Gasteiger partial charge in [-0.1, -0.05) is 38.1 Å². The highest BCUT2D eigenvalue weighted by Gasteiger charge is 2.17. The maximum atomic E-state index is 13.0. The molecule has 0 aliphatic carbocycles. The predicted octanol–water partition coefficient (Wildman–Crippen LogP) is 3.52. The Balaban J connectivity index is 2.37. The lowest BCUT2D eigenvalue weighted by Gasteiger charge is -2.11. The van der Waals surface area contributed by atoms with Crippen molar-refractivity contribution < 1.29 is 24.0 Å². The Kier molecular flexibility index (Phi) is 9.00. The second kappa shape index (κ2) is 11.7. The number of Topliss-reactive ketones (excluding diaryl/α,β-unsaturated/α-hetero) is 1. The SMILES string of the molecule is CCCNC(=O)c1cc(C(=O)c2ccc(CC(=O)CCC)c(C=O)c2)ccc1CC=O. The standard InChI is InChI=1S/C25H27NO5/c1-3-5-22(29)14-18-7-9-19(13-21(18)16-28)24(30)20-8-6-17(10-12-27)23(15-20)25(31)26-11-4-2/h6-9,12-13,15-16H,3-5,10-11,14H2,1-2H3,(H,26,31). The maximum Gasteiger partial charge on any atom is 0.251 e. The fourth-order valence-electron chi connectivity index (χ4n) is 3.28. The Morgan fingerprint density at radius 2 is 1.58 bits per heavy atom. The lowest BCUT2D eigenvalue weighted by molar-refractivity contribution is -0.118. The van der Waals surface area contributed by atoms with Crippen molar-refractivity contribution in [1.82, 2.24) is 5.32 Å². The van der Waals surface area contributed by atoms with E-state index in [9.17, 15) is 24.0 Å². The number of rotatable bonds is 12. The number of carbonyl (C=O) groups excluding carboxylic acids is 5. The van der Waals surface area contributed by atoms with Gasteiger partial charge in [0.05, 0.1) is 0 Å². The quantitative estimate of drug-likeness (QED) is 0.418. The largest absolute Gasteiger partial charge is 0.352 e. The van der Waals surface area contributed by atoms with Crippen LogP contribution in [0, 0.1) is 0 Å². The third kappa shape index (κ3) is 6.28. The molecule has 0 atom stereocenters. The molecule has 0 aromatic heterocycles. The van der Waals surface area contributed by atoms with Gasteiger partial charge in [-0.25, -0.2) is 0 Å². The van der Waals surface area contributed by atoms with E-state index in [4.69, 9.17) is 0 Å². The van der Waals surface area contributed by atoms with Crippen molar-refractivity contribution in [3.05, 3.63) is 69.8 Å². The summed E-state index contributed by atoms with van der Waals surface area (Å²) in [5.41, 5.74) is 2.28. The van der Waals surface area contributed by atoms with Crippen molar-refractivity contribution in [3.63, 3.8) is 0 Å². The van der Waals surface area contributed by atoms with E-state index in [0.717, 1.165) is 12.8 Å². The molecule has 0 spiro atoms. The van der Waals surface area contributed by atoms with Crippen LogP contribution in [0.4, 0.5) is 0 Å². The number of carbonyl (C=O) groups is 5. The highest BCUT2D eigenvalue weighted by atomic mass is 16.2. The minimum atomic E-state index is -0.350. The molecule has 162 valence electrons. The zero-order valence-corrected chi connectivity index (χ0v) is 17.9. The van der Waals surface area contributed by atoms with Crippen LogP contribution in [0.1, 0.15) is 80.9 Å². The van der Waals surface area contributed by atoms with Crippen LogP contribution in [0.25, 0.3) is 0 Å². The average molecular weight is 421 g/mol. The first-order valence-electron chi connectivity index (χ1n) is 10.4. The van der Waals surface area contributed by atoms with Gasteiger partial charge in [-0.2, -0.15) is 0 Å². The van der Waals surface area contributed by atoms with Crippen LogP contribution < -0.4 is 5.32 Å². The summed E-state index contributed by atoms with van der Waals surface area (Å²) in [7, 11) is 0. The smallest absolute Gasteiger partial charge is 0.251 e. The van der Waals surface area contributed by atoms with Crippen LogP contribution in [0.3, 0.4) is 0 Å². The van der Waals surface area contributed by atoms with Crippen molar-refractivity contribution >= 4 is 30.0 Å². The van der Waals surface area contributed by atoms with Crippen molar-refractivity contribution in [1.29, 1.82) is 0 Å². The van der Waals surface area contributed by atoms with E-state index in [1.54, 1.807) is 24.3 Å². The van der Waals surface area contributed by atoms with E-state index in [-0.39, 0.29) is 47.0 Å². The van der Waals surface area contributed by atoms with Gasteiger partial charge in [-0.15, -0.1) is 0 Å². The van der Waals surface area contributed by atoms with Gasteiger partial charge in [-0.3, -0.25) is 19.2 Å². The summed E-state index contributed by atoms with van der Waals surface area (Å²) in [6.45, 7) is 4.33. The zero-order chi connectivity index (χ0) is 22.8. The van der Waals surface area contributed by atoms with Gasteiger partial charge < -0.3 is 10.1 Å². The molecule has 1 N–H and O–H groups in total. The molecule has 0 saturated carbocycles. The second-order valence-corrected chi connectivity index (χ2v) is 7.32. The van der Waals surface area contributed by atoms with Crippen LogP contribution in [-0.4, -0.2) is 36.6 Å². The fraction of sp³-hybridized carbons (Fsp3) is 0.320. The Morgan fingerprint density at radius 1 is 0.903 bits per heavy atom. The summed E-state index contributed by atoms with van der Waals surface area (Å²) in [5, 5.41) is 2.76. The third-order valence-corrected chi connectivity index (χ3v) is 4.91. The number of aldehydes is 2. The lowest BCUT2D eigenvalue weighted by Crippen LogP contribution is -2.25. The minimum Gasteiger partial charge on any atom is -0.352 e. The van der Waals surface area contributed by atoms with Gasteiger partial charge >= 0.3 is 0 Å². The number of amides is 1. The Bertz CT molecular complexity index is 993. The summed E-state index contributed by atoms with van der Waals surface area (Å²) in [6, 6.07) is 9.32. The first kappa shape index (κ1) is 23.9. The molecule has 0 unspecified atom stereocenters. The minimum absolute atomic E-state index is 0.0400. The van der Waals surface area contributed by atoms with Crippen molar-refractivity contribution in [3.8, 4) is 0 Å². The molecule has 31 heavy (non-hydrogen) atoms. The Morgan fingerprint density at radius 3 is 2.19 bits per heavy atom. The highest BCUT2D eigenvalue weighted by Crippen LogP contribution is 2.19. The molecular formula is C25H27NO5. The maximum absolute atomic E-state index is 13.0. The van der Waals surface area contributed by atoms with Crippen LogP contribution in [-0.2, 0) is 22.4 Å². The Hall–Kier alpha value is -3.41. The van der Waals surface area contributed by atoms with Crippen molar-refractivity contribution in [2.75, 3.05) is 6.54 Å². The molecule has 2 rings (SSSR count). The van der Waals surface area contributed by atoms with Gasteiger partial charge in [-0.05, 0) is 36.1 Å².